The monoisotopic (exact) mass is 497 g/mol. The van der Waals surface area contributed by atoms with Crippen LogP contribution in [0.4, 0.5) is 17.6 Å². The van der Waals surface area contributed by atoms with E-state index in [0.717, 1.165) is 24.3 Å². The van der Waals surface area contributed by atoms with E-state index in [1.54, 1.807) is 18.2 Å². The Morgan fingerprint density at radius 2 is 1.71 bits per heavy atom. The first kappa shape index (κ1) is 24.0. The van der Waals surface area contributed by atoms with Crippen LogP contribution in [0, 0.1) is 5.82 Å². The van der Waals surface area contributed by atoms with Crippen molar-refractivity contribution in [1.29, 1.82) is 0 Å². The fraction of sp³-hybridized carbons (Fsp3) is 0.318. The number of rotatable bonds is 6. The Hall–Kier alpha value is -3.18. The summed E-state index contributed by atoms with van der Waals surface area (Å²) in [5, 5.41) is 7.56. The molecule has 34 heavy (non-hydrogen) atoms. The highest BCUT2D eigenvalue weighted by molar-refractivity contribution is 6.32. The fourth-order valence-electron chi connectivity index (χ4n) is 3.61. The van der Waals surface area contributed by atoms with Crippen LogP contribution in [-0.4, -0.2) is 70.0 Å². The van der Waals surface area contributed by atoms with Crippen LogP contribution >= 0.6 is 11.6 Å². The van der Waals surface area contributed by atoms with Gasteiger partial charge in [0.1, 0.15) is 18.2 Å². The molecular formula is C22H20ClF4N5O2. The number of ether oxygens (including phenoxy) is 1. The number of alkyl halides is 3. The van der Waals surface area contributed by atoms with Crippen LogP contribution in [-0.2, 0) is 6.18 Å². The molecule has 3 aromatic rings. The van der Waals surface area contributed by atoms with Gasteiger partial charge in [-0.25, -0.2) is 9.07 Å². The van der Waals surface area contributed by atoms with Crippen LogP contribution in [0.1, 0.15) is 16.2 Å². The maximum absolute atomic E-state index is 13.8. The lowest BCUT2D eigenvalue weighted by Gasteiger charge is -2.34. The largest absolute Gasteiger partial charge is 0.491 e. The highest BCUT2D eigenvalue weighted by Gasteiger charge is 2.43. The smallest absolute Gasteiger partial charge is 0.435 e. The Labute approximate surface area is 197 Å². The van der Waals surface area contributed by atoms with Gasteiger partial charge in [0, 0.05) is 32.7 Å². The minimum atomic E-state index is -4.89. The molecule has 0 atom stereocenters. The minimum Gasteiger partial charge on any atom is -0.491 e. The molecule has 2 heterocycles. The average molecular weight is 498 g/mol. The van der Waals surface area contributed by atoms with Crippen LogP contribution in [0.2, 0.25) is 5.02 Å². The van der Waals surface area contributed by atoms with E-state index >= 15 is 0 Å². The third-order valence-corrected chi connectivity index (χ3v) is 5.69. The van der Waals surface area contributed by atoms with Gasteiger partial charge in [-0.3, -0.25) is 9.69 Å². The van der Waals surface area contributed by atoms with E-state index < -0.39 is 29.3 Å². The van der Waals surface area contributed by atoms with Gasteiger partial charge in [-0.15, -0.1) is 5.10 Å². The van der Waals surface area contributed by atoms with Crippen molar-refractivity contribution >= 4 is 17.5 Å². The molecule has 1 amide bonds. The number of carbonyl (C=O) groups is 1. The van der Waals surface area contributed by atoms with E-state index in [4.69, 9.17) is 16.3 Å². The molecule has 0 N–H and O–H groups in total. The van der Waals surface area contributed by atoms with Gasteiger partial charge in [0.25, 0.3) is 5.91 Å². The predicted molar refractivity (Wildman–Crippen MR) is 116 cm³/mol. The fourth-order valence-corrected chi connectivity index (χ4v) is 3.80. The molecule has 0 radical (unpaired) electrons. The molecular weight excluding hydrogens is 478 g/mol. The Bertz CT molecular complexity index is 1140. The Morgan fingerprint density at radius 3 is 2.35 bits per heavy atom. The maximum Gasteiger partial charge on any atom is 0.435 e. The quantitative estimate of drug-likeness (QED) is 0.483. The summed E-state index contributed by atoms with van der Waals surface area (Å²) < 4.78 is 60.8. The van der Waals surface area contributed by atoms with Crippen molar-refractivity contribution in [2.75, 3.05) is 39.3 Å². The van der Waals surface area contributed by atoms with Gasteiger partial charge in [0.2, 0.25) is 0 Å². The third kappa shape index (κ3) is 5.31. The van der Waals surface area contributed by atoms with Crippen LogP contribution in [0.5, 0.6) is 5.75 Å². The van der Waals surface area contributed by atoms with E-state index in [-0.39, 0.29) is 18.8 Å². The topological polar surface area (TPSA) is 63.5 Å². The first-order chi connectivity index (χ1) is 16.2. The zero-order valence-corrected chi connectivity index (χ0v) is 18.6. The van der Waals surface area contributed by atoms with Gasteiger partial charge in [0.05, 0.1) is 10.7 Å². The molecule has 1 fully saturated rings. The van der Waals surface area contributed by atoms with E-state index in [2.05, 4.69) is 10.3 Å². The van der Waals surface area contributed by atoms with E-state index in [1.807, 2.05) is 11.0 Å². The number of piperazine rings is 1. The van der Waals surface area contributed by atoms with Gasteiger partial charge in [-0.2, -0.15) is 13.2 Å². The first-order valence-corrected chi connectivity index (χ1v) is 10.8. The molecule has 1 saturated heterocycles. The summed E-state index contributed by atoms with van der Waals surface area (Å²) >= 11 is 6.06. The number of aromatic nitrogens is 3. The van der Waals surface area contributed by atoms with Crippen molar-refractivity contribution in [3.63, 3.8) is 0 Å². The number of carbonyl (C=O) groups excluding carboxylic acids is 1. The van der Waals surface area contributed by atoms with Crippen molar-refractivity contribution < 1.29 is 27.1 Å². The second-order valence-corrected chi connectivity index (χ2v) is 7.99. The van der Waals surface area contributed by atoms with Crippen molar-refractivity contribution in [2.24, 2.45) is 0 Å². The van der Waals surface area contributed by atoms with Gasteiger partial charge in [-0.05, 0) is 36.4 Å². The average Bonchev–Trinajstić information content (AvgIpc) is 3.27. The summed E-state index contributed by atoms with van der Waals surface area (Å²) in [6.45, 7) is 2.33. The molecule has 0 unspecified atom stereocenters. The molecule has 7 nitrogen and oxygen atoms in total. The number of amides is 1. The second-order valence-electron chi connectivity index (χ2n) is 7.59. The molecule has 12 heteroatoms. The third-order valence-electron chi connectivity index (χ3n) is 5.37. The van der Waals surface area contributed by atoms with Crippen molar-refractivity contribution in [1.82, 2.24) is 24.8 Å². The summed E-state index contributed by atoms with van der Waals surface area (Å²) in [6.07, 6.45) is -4.89. The number of benzene rings is 2. The number of para-hydroxylation sites is 1. The van der Waals surface area contributed by atoms with E-state index in [1.165, 1.54) is 4.90 Å². The summed E-state index contributed by atoms with van der Waals surface area (Å²) in [6, 6.07) is 11.4. The highest BCUT2D eigenvalue weighted by Crippen LogP contribution is 2.33. The molecule has 0 aliphatic carbocycles. The van der Waals surface area contributed by atoms with Crippen molar-refractivity contribution in [2.45, 2.75) is 6.18 Å². The first-order valence-electron chi connectivity index (χ1n) is 10.4. The predicted octanol–water partition coefficient (Wildman–Crippen LogP) is 3.92. The van der Waals surface area contributed by atoms with Gasteiger partial charge < -0.3 is 9.64 Å². The molecule has 1 aliphatic heterocycles. The second kappa shape index (κ2) is 9.98. The molecule has 1 aliphatic rings. The lowest BCUT2D eigenvalue weighted by atomic mass is 10.2. The molecule has 4 rings (SSSR count). The number of nitrogens with zero attached hydrogens (tertiary/aromatic N) is 5. The SMILES string of the molecule is O=C(c1nnn(-c2ccc(F)cc2)c1C(F)(F)F)N1CCN(CCOc2ccccc2Cl)CC1. The summed E-state index contributed by atoms with van der Waals surface area (Å²) in [4.78, 5) is 16.3. The van der Waals surface area contributed by atoms with Crippen LogP contribution in [0.3, 0.4) is 0 Å². The van der Waals surface area contributed by atoms with Gasteiger partial charge >= 0.3 is 6.18 Å². The zero-order valence-electron chi connectivity index (χ0n) is 17.8. The van der Waals surface area contributed by atoms with Crippen molar-refractivity contribution in [3.05, 3.63) is 70.8 Å². The van der Waals surface area contributed by atoms with E-state index in [0.29, 0.717) is 41.7 Å². The minimum absolute atomic E-state index is 0.0522. The van der Waals surface area contributed by atoms with Crippen LogP contribution < -0.4 is 4.74 Å². The van der Waals surface area contributed by atoms with Gasteiger partial charge in [0.15, 0.2) is 11.4 Å². The van der Waals surface area contributed by atoms with Gasteiger partial charge in [-0.1, -0.05) is 28.9 Å². The normalized spacial score (nSPS) is 14.9. The lowest BCUT2D eigenvalue weighted by Crippen LogP contribution is -2.49. The Morgan fingerprint density at radius 1 is 1.03 bits per heavy atom. The van der Waals surface area contributed by atoms with E-state index in [9.17, 15) is 22.4 Å². The summed E-state index contributed by atoms with van der Waals surface area (Å²) in [7, 11) is 0. The lowest BCUT2D eigenvalue weighted by molar-refractivity contribution is -0.143. The summed E-state index contributed by atoms with van der Waals surface area (Å²) in [5.74, 6) is -0.890. The van der Waals surface area contributed by atoms with Crippen molar-refractivity contribution in [3.8, 4) is 11.4 Å². The molecule has 180 valence electrons. The molecule has 2 aromatic carbocycles. The molecule has 0 spiro atoms. The zero-order chi connectivity index (χ0) is 24.3. The molecule has 0 saturated carbocycles. The van der Waals surface area contributed by atoms with Crippen LogP contribution in [0.25, 0.3) is 5.69 Å². The number of hydrogen-bond acceptors (Lipinski definition) is 5. The highest BCUT2D eigenvalue weighted by atomic mass is 35.5. The standard InChI is InChI=1S/C22H20ClF4N5O2/c23-17-3-1-2-4-18(17)34-14-13-30-9-11-31(12-10-30)21(33)19-20(22(25,26)27)32(29-28-19)16-7-5-15(24)6-8-16/h1-8H,9-14H2. The number of hydrogen-bond donors (Lipinski definition) is 0. The Kier molecular flexibility index (Phi) is 7.03. The molecule has 0 bridgehead atoms. The maximum atomic E-state index is 13.8. The Balaban J connectivity index is 1.40. The van der Waals surface area contributed by atoms with Crippen LogP contribution in [0.15, 0.2) is 48.5 Å². The number of halogens is 5. The molecule has 1 aromatic heterocycles. The summed E-state index contributed by atoms with van der Waals surface area (Å²) in [5.41, 5.74) is -2.13.